The summed E-state index contributed by atoms with van der Waals surface area (Å²) < 4.78 is 75.7. The highest BCUT2D eigenvalue weighted by atomic mass is 19.4. The lowest BCUT2D eigenvalue weighted by Gasteiger charge is -2.42. The van der Waals surface area contributed by atoms with E-state index >= 15 is 0 Å². The van der Waals surface area contributed by atoms with Gasteiger partial charge in [0.1, 0.15) is 0 Å². The van der Waals surface area contributed by atoms with Crippen molar-refractivity contribution in [2.24, 2.45) is 5.92 Å². The van der Waals surface area contributed by atoms with Crippen LogP contribution in [0.3, 0.4) is 0 Å². The Hall–Kier alpha value is -3.23. The molecule has 0 bridgehead atoms. The van der Waals surface area contributed by atoms with Crippen LogP contribution in [0, 0.1) is 5.92 Å². The van der Waals surface area contributed by atoms with E-state index in [-0.39, 0.29) is 5.60 Å². The molecule has 0 radical (unpaired) electrons. The van der Waals surface area contributed by atoms with Crippen LogP contribution in [0.1, 0.15) is 36.8 Å². The van der Waals surface area contributed by atoms with Crippen LogP contribution in [0.4, 0.5) is 26.3 Å². The van der Waals surface area contributed by atoms with Gasteiger partial charge in [-0.25, -0.2) is 9.59 Å². The molecule has 2 aliphatic heterocycles. The number of benzene rings is 1. The van der Waals surface area contributed by atoms with E-state index in [1.54, 1.807) is 6.20 Å². The van der Waals surface area contributed by atoms with Crippen LogP contribution < -0.4 is 0 Å². The molecule has 2 fully saturated rings. The Morgan fingerprint density at radius 3 is 2.02 bits per heavy atom. The van der Waals surface area contributed by atoms with E-state index in [1.165, 1.54) is 12.0 Å². The summed E-state index contributed by atoms with van der Waals surface area (Å²) in [7, 11) is 0. The normalized spacial score (nSPS) is 18.5. The number of aromatic nitrogens is 1. The van der Waals surface area contributed by atoms with Crippen molar-refractivity contribution >= 4 is 11.9 Å². The lowest BCUT2D eigenvalue weighted by atomic mass is 9.78. The molecule has 2 aromatic rings. The predicted octanol–water partition coefficient (Wildman–Crippen LogP) is 5.33. The molecule has 1 unspecified atom stereocenters. The molecule has 1 aromatic carbocycles. The Balaban J connectivity index is 0.000000349. The number of carbonyl (C=O) groups is 2. The zero-order chi connectivity index (χ0) is 30.5. The maximum absolute atomic E-state index is 10.6. The summed E-state index contributed by atoms with van der Waals surface area (Å²) in [5.41, 5.74) is 2.63. The highest BCUT2D eigenvalue weighted by molar-refractivity contribution is 5.73. The Labute approximate surface area is 232 Å². The zero-order valence-corrected chi connectivity index (χ0v) is 22.0. The standard InChI is InChI=1S/C23H30N2O2.2C2HF3O2/c1-2-5-20(6-3-1)18-25-13-10-23(11-14-25)22(9-16-27-23)8-15-26-19-21-7-4-12-24-17-21;2*3-2(4,5)1(6)7/h1-7,12,17,22H,8-11,13-16,18-19H2;2*(H,6,7). The number of nitrogens with zero attached hydrogens (tertiary/aromatic N) is 2. The molecule has 228 valence electrons. The molecular formula is C27H32F6N2O6. The van der Waals surface area contributed by atoms with Gasteiger partial charge in [-0.15, -0.1) is 0 Å². The third-order valence-electron chi connectivity index (χ3n) is 6.64. The van der Waals surface area contributed by atoms with Crippen molar-refractivity contribution in [2.75, 3.05) is 26.3 Å². The Morgan fingerprint density at radius 2 is 1.51 bits per heavy atom. The van der Waals surface area contributed by atoms with Crippen molar-refractivity contribution in [1.29, 1.82) is 0 Å². The predicted molar refractivity (Wildman–Crippen MR) is 134 cm³/mol. The largest absolute Gasteiger partial charge is 0.490 e. The van der Waals surface area contributed by atoms with E-state index in [2.05, 4.69) is 46.3 Å². The molecule has 1 atom stereocenters. The number of carboxylic acid groups (broad SMARTS) is 2. The van der Waals surface area contributed by atoms with Gasteiger partial charge >= 0.3 is 24.3 Å². The molecule has 3 heterocycles. The molecular weight excluding hydrogens is 562 g/mol. The van der Waals surface area contributed by atoms with Gasteiger partial charge in [-0.2, -0.15) is 26.3 Å². The first-order valence-electron chi connectivity index (χ1n) is 12.7. The van der Waals surface area contributed by atoms with Gasteiger partial charge in [-0.05, 0) is 48.8 Å². The van der Waals surface area contributed by atoms with Crippen LogP contribution in [0.15, 0.2) is 54.9 Å². The van der Waals surface area contributed by atoms with E-state index in [9.17, 15) is 26.3 Å². The van der Waals surface area contributed by atoms with Crippen LogP contribution in [0.2, 0.25) is 0 Å². The van der Waals surface area contributed by atoms with E-state index in [0.29, 0.717) is 12.5 Å². The number of aliphatic carboxylic acids is 2. The fourth-order valence-corrected chi connectivity index (χ4v) is 4.58. The summed E-state index contributed by atoms with van der Waals surface area (Å²) in [6, 6.07) is 14.8. The number of carboxylic acids is 2. The fourth-order valence-electron chi connectivity index (χ4n) is 4.58. The van der Waals surface area contributed by atoms with Crippen LogP contribution in [0.25, 0.3) is 0 Å². The zero-order valence-electron chi connectivity index (χ0n) is 22.0. The summed E-state index contributed by atoms with van der Waals surface area (Å²) in [4.78, 5) is 24.5. The molecule has 4 rings (SSSR count). The molecule has 2 aliphatic rings. The Bertz CT molecular complexity index is 1040. The monoisotopic (exact) mass is 594 g/mol. The Morgan fingerprint density at radius 1 is 0.951 bits per heavy atom. The minimum Gasteiger partial charge on any atom is -0.475 e. The number of hydrogen-bond acceptors (Lipinski definition) is 6. The van der Waals surface area contributed by atoms with Crippen LogP contribution >= 0.6 is 0 Å². The average molecular weight is 595 g/mol. The van der Waals surface area contributed by atoms with Gasteiger partial charge in [-0.1, -0.05) is 36.4 Å². The highest BCUT2D eigenvalue weighted by Crippen LogP contribution is 2.42. The van der Waals surface area contributed by atoms with E-state index < -0.39 is 24.3 Å². The van der Waals surface area contributed by atoms with Crippen LogP contribution in [0.5, 0.6) is 0 Å². The summed E-state index contributed by atoms with van der Waals surface area (Å²) >= 11 is 0. The summed E-state index contributed by atoms with van der Waals surface area (Å²) in [6.07, 6.45) is -1.93. The smallest absolute Gasteiger partial charge is 0.475 e. The molecule has 0 aliphatic carbocycles. The van der Waals surface area contributed by atoms with Gasteiger partial charge in [0, 0.05) is 45.2 Å². The minimum atomic E-state index is -5.08. The molecule has 0 amide bonds. The lowest BCUT2D eigenvalue weighted by Crippen LogP contribution is -2.47. The van der Waals surface area contributed by atoms with Crippen molar-refractivity contribution in [3.63, 3.8) is 0 Å². The molecule has 2 saturated heterocycles. The number of hydrogen-bond donors (Lipinski definition) is 2. The summed E-state index contributed by atoms with van der Waals surface area (Å²) in [6.45, 7) is 5.67. The number of piperidine rings is 1. The second-order valence-corrected chi connectivity index (χ2v) is 9.47. The van der Waals surface area contributed by atoms with Crippen molar-refractivity contribution in [3.05, 3.63) is 66.0 Å². The molecule has 41 heavy (non-hydrogen) atoms. The van der Waals surface area contributed by atoms with Gasteiger partial charge in [-0.3, -0.25) is 9.88 Å². The first kappa shape index (κ1) is 34.0. The minimum absolute atomic E-state index is 0.0881. The van der Waals surface area contributed by atoms with Crippen molar-refractivity contribution in [3.8, 4) is 0 Å². The third-order valence-corrected chi connectivity index (χ3v) is 6.64. The molecule has 2 N–H and O–H groups in total. The number of pyridine rings is 1. The van der Waals surface area contributed by atoms with Gasteiger partial charge in [0.2, 0.25) is 0 Å². The molecule has 0 saturated carbocycles. The number of halogens is 6. The van der Waals surface area contributed by atoms with E-state index in [0.717, 1.165) is 57.7 Å². The first-order chi connectivity index (χ1) is 19.2. The van der Waals surface area contributed by atoms with Gasteiger partial charge in [0.15, 0.2) is 0 Å². The van der Waals surface area contributed by atoms with Crippen molar-refractivity contribution in [1.82, 2.24) is 9.88 Å². The van der Waals surface area contributed by atoms with Crippen LogP contribution in [-0.4, -0.2) is 76.3 Å². The first-order valence-corrected chi connectivity index (χ1v) is 12.7. The molecule has 14 heteroatoms. The van der Waals surface area contributed by atoms with E-state index in [1.807, 2.05) is 12.3 Å². The van der Waals surface area contributed by atoms with Crippen LogP contribution in [-0.2, 0) is 32.2 Å². The second kappa shape index (κ2) is 15.7. The van der Waals surface area contributed by atoms with Crippen molar-refractivity contribution < 1.29 is 55.6 Å². The Kier molecular flexibility index (Phi) is 13.0. The molecule has 1 spiro atoms. The number of likely N-dealkylation sites (tertiary alicyclic amines) is 1. The average Bonchev–Trinajstić information content (AvgIpc) is 3.30. The van der Waals surface area contributed by atoms with E-state index in [4.69, 9.17) is 29.3 Å². The molecule has 1 aromatic heterocycles. The topological polar surface area (TPSA) is 109 Å². The van der Waals surface area contributed by atoms with Gasteiger partial charge in [0.05, 0.1) is 12.2 Å². The lowest BCUT2D eigenvalue weighted by molar-refractivity contribution is -0.193. The summed E-state index contributed by atoms with van der Waals surface area (Å²) in [5.74, 6) is -4.88. The fraction of sp³-hybridized carbons (Fsp3) is 0.519. The van der Waals surface area contributed by atoms with Gasteiger partial charge in [0.25, 0.3) is 0 Å². The number of alkyl halides is 6. The quantitative estimate of drug-likeness (QED) is 0.327. The van der Waals surface area contributed by atoms with Gasteiger partial charge < -0.3 is 19.7 Å². The third kappa shape index (κ3) is 12.0. The maximum Gasteiger partial charge on any atom is 0.490 e. The summed E-state index contributed by atoms with van der Waals surface area (Å²) in [5, 5.41) is 14.2. The highest BCUT2D eigenvalue weighted by Gasteiger charge is 2.45. The van der Waals surface area contributed by atoms with Crippen molar-refractivity contribution in [2.45, 2.75) is 56.8 Å². The molecule has 8 nitrogen and oxygen atoms in total. The SMILES string of the molecule is O=C(O)C(F)(F)F.O=C(O)C(F)(F)F.c1ccc(CN2CCC3(CC2)OCCC3CCOCc2cccnc2)cc1. The number of ether oxygens (including phenoxy) is 2. The maximum atomic E-state index is 10.6. The number of rotatable bonds is 7. The second-order valence-electron chi connectivity index (χ2n) is 9.47.